The molecule has 6 heteroatoms. The van der Waals surface area contributed by atoms with E-state index in [2.05, 4.69) is 29.3 Å². The van der Waals surface area contributed by atoms with Crippen LogP contribution in [0, 0.1) is 0 Å². The zero-order valence-corrected chi connectivity index (χ0v) is 15.2. The van der Waals surface area contributed by atoms with Gasteiger partial charge in [0.25, 0.3) is 0 Å². The normalized spacial score (nSPS) is 18.9. The predicted octanol–water partition coefficient (Wildman–Crippen LogP) is 2.48. The predicted molar refractivity (Wildman–Crippen MR) is 96.5 cm³/mol. The molecule has 5 nitrogen and oxygen atoms in total. The van der Waals surface area contributed by atoms with Crippen LogP contribution in [0.25, 0.3) is 0 Å². The molecule has 130 valence electrons. The first-order valence-electron chi connectivity index (χ1n) is 8.29. The fourth-order valence-electron chi connectivity index (χ4n) is 2.82. The molecule has 1 aromatic carbocycles. The van der Waals surface area contributed by atoms with Gasteiger partial charge in [0.15, 0.2) is 0 Å². The zero-order chi connectivity index (χ0) is 16.8. The van der Waals surface area contributed by atoms with E-state index in [0.29, 0.717) is 6.61 Å². The quantitative estimate of drug-likeness (QED) is 0.769. The fourth-order valence-corrected chi connectivity index (χ4v) is 3.52. The van der Waals surface area contributed by atoms with E-state index in [1.54, 1.807) is 11.3 Å². The Labute approximate surface area is 147 Å². The minimum atomic E-state index is 0.285. The molecule has 3 rings (SSSR count). The van der Waals surface area contributed by atoms with E-state index < -0.39 is 0 Å². The van der Waals surface area contributed by atoms with Crippen LogP contribution in [0.4, 0.5) is 0 Å². The first-order chi connectivity index (χ1) is 11.7. The van der Waals surface area contributed by atoms with Gasteiger partial charge in [-0.05, 0) is 26.2 Å². The van der Waals surface area contributed by atoms with Crippen LogP contribution in [0.5, 0.6) is 5.75 Å². The van der Waals surface area contributed by atoms with Crippen LogP contribution in [0.2, 0.25) is 0 Å². The Morgan fingerprint density at radius 1 is 1.33 bits per heavy atom. The van der Waals surface area contributed by atoms with Crippen molar-refractivity contribution in [3.63, 3.8) is 0 Å². The Morgan fingerprint density at radius 3 is 2.96 bits per heavy atom. The van der Waals surface area contributed by atoms with Gasteiger partial charge in [0, 0.05) is 31.6 Å². The number of nitrogens with zero attached hydrogens (tertiary/aromatic N) is 3. The number of hydrogen-bond donors (Lipinski definition) is 0. The molecule has 1 atom stereocenters. The third-order valence-corrected chi connectivity index (χ3v) is 4.75. The average molecular weight is 347 g/mol. The molecule has 0 amide bonds. The average Bonchev–Trinajstić information content (AvgIpc) is 3.01. The topological polar surface area (TPSA) is 37.8 Å². The smallest absolute Gasteiger partial charge is 0.140 e. The van der Waals surface area contributed by atoms with Crippen LogP contribution in [0.1, 0.15) is 10.7 Å². The molecule has 0 aliphatic carbocycles. The molecule has 1 saturated heterocycles. The number of likely N-dealkylation sites (N-methyl/N-ethyl adjacent to an activating group) is 1. The first-order valence-corrected chi connectivity index (χ1v) is 9.17. The van der Waals surface area contributed by atoms with E-state index in [1.165, 1.54) is 0 Å². The molecule has 0 spiro atoms. The van der Waals surface area contributed by atoms with Gasteiger partial charge in [-0.1, -0.05) is 18.2 Å². The van der Waals surface area contributed by atoms with E-state index in [1.807, 2.05) is 30.3 Å². The van der Waals surface area contributed by atoms with Gasteiger partial charge < -0.3 is 14.4 Å². The number of thiazole rings is 1. The number of para-hydroxylation sites is 1. The van der Waals surface area contributed by atoms with Gasteiger partial charge in [0.2, 0.25) is 0 Å². The van der Waals surface area contributed by atoms with Crippen LogP contribution in [0.3, 0.4) is 0 Å². The summed E-state index contributed by atoms with van der Waals surface area (Å²) in [5, 5.41) is 3.16. The highest BCUT2D eigenvalue weighted by Crippen LogP contribution is 2.17. The maximum atomic E-state index is 5.83. The molecule has 0 radical (unpaired) electrons. The molecule has 1 fully saturated rings. The molecule has 0 bridgehead atoms. The minimum Gasteiger partial charge on any atom is -0.486 e. The summed E-state index contributed by atoms with van der Waals surface area (Å²) in [7, 11) is 4.17. The molecule has 0 N–H and O–H groups in total. The molecule has 2 heterocycles. The van der Waals surface area contributed by atoms with Gasteiger partial charge in [0.1, 0.15) is 17.4 Å². The van der Waals surface area contributed by atoms with Crippen molar-refractivity contribution in [3.8, 4) is 5.75 Å². The van der Waals surface area contributed by atoms with E-state index in [0.717, 1.165) is 49.2 Å². The maximum Gasteiger partial charge on any atom is 0.140 e. The van der Waals surface area contributed by atoms with Gasteiger partial charge in [-0.3, -0.25) is 4.90 Å². The van der Waals surface area contributed by atoms with Crippen LogP contribution in [-0.2, 0) is 17.9 Å². The number of ether oxygens (including phenoxy) is 2. The standard InChI is InChI=1S/C18H25N3O2S/c1-20(2)11-17-12-21(8-9-22-17)10-15-14-24-18(19-15)13-23-16-6-4-3-5-7-16/h3-7,14,17H,8-13H2,1-2H3/t17-/m0/s1. The van der Waals surface area contributed by atoms with Gasteiger partial charge in [0.05, 0.1) is 18.4 Å². The van der Waals surface area contributed by atoms with E-state index in [4.69, 9.17) is 14.5 Å². The number of morpholine rings is 1. The molecule has 0 unspecified atom stereocenters. The van der Waals surface area contributed by atoms with Gasteiger partial charge in [-0.25, -0.2) is 4.98 Å². The number of hydrogen-bond acceptors (Lipinski definition) is 6. The highest BCUT2D eigenvalue weighted by Gasteiger charge is 2.21. The second-order valence-corrected chi connectivity index (χ2v) is 7.27. The summed E-state index contributed by atoms with van der Waals surface area (Å²) in [5.41, 5.74) is 1.12. The lowest BCUT2D eigenvalue weighted by Gasteiger charge is -2.33. The third kappa shape index (κ3) is 5.27. The highest BCUT2D eigenvalue weighted by atomic mass is 32.1. The lowest BCUT2D eigenvalue weighted by Crippen LogP contribution is -2.46. The number of aromatic nitrogens is 1. The molecule has 2 aromatic rings. The summed E-state index contributed by atoms with van der Waals surface area (Å²) >= 11 is 1.67. The third-order valence-electron chi connectivity index (χ3n) is 3.88. The molecule has 1 aliphatic rings. The Kier molecular flexibility index (Phi) is 6.20. The van der Waals surface area contributed by atoms with E-state index in [-0.39, 0.29) is 6.10 Å². The molecular formula is C18H25N3O2S. The van der Waals surface area contributed by atoms with Crippen molar-refractivity contribution >= 4 is 11.3 Å². The maximum absolute atomic E-state index is 5.83. The Morgan fingerprint density at radius 2 is 2.17 bits per heavy atom. The molecule has 0 saturated carbocycles. The lowest BCUT2D eigenvalue weighted by molar-refractivity contribution is -0.0409. The lowest BCUT2D eigenvalue weighted by atomic mass is 10.2. The van der Waals surface area contributed by atoms with Crippen LogP contribution >= 0.6 is 11.3 Å². The summed E-state index contributed by atoms with van der Waals surface area (Å²) in [5.74, 6) is 0.883. The van der Waals surface area contributed by atoms with Crippen molar-refractivity contribution in [2.75, 3.05) is 40.3 Å². The number of rotatable bonds is 7. The van der Waals surface area contributed by atoms with Crippen molar-refractivity contribution in [1.82, 2.24) is 14.8 Å². The summed E-state index contributed by atoms with van der Waals surface area (Å²) in [6.45, 7) is 5.11. The second kappa shape index (κ2) is 8.58. The van der Waals surface area contributed by atoms with Crippen molar-refractivity contribution in [2.24, 2.45) is 0 Å². The molecule has 24 heavy (non-hydrogen) atoms. The van der Waals surface area contributed by atoms with Crippen LogP contribution in [-0.4, -0.2) is 61.2 Å². The first kappa shape index (κ1) is 17.4. The second-order valence-electron chi connectivity index (χ2n) is 6.32. The summed E-state index contributed by atoms with van der Waals surface area (Å²) in [6, 6.07) is 9.87. The molecular weight excluding hydrogens is 322 g/mol. The monoisotopic (exact) mass is 347 g/mol. The zero-order valence-electron chi connectivity index (χ0n) is 14.4. The van der Waals surface area contributed by atoms with Gasteiger partial charge in [-0.2, -0.15) is 0 Å². The summed E-state index contributed by atoms with van der Waals surface area (Å²) in [4.78, 5) is 9.31. The van der Waals surface area contributed by atoms with Gasteiger partial charge in [-0.15, -0.1) is 11.3 Å². The van der Waals surface area contributed by atoms with Crippen molar-refractivity contribution in [2.45, 2.75) is 19.3 Å². The Bertz CT molecular complexity index is 618. The summed E-state index contributed by atoms with van der Waals surface area (Å²) < 4.78 is 11.6. The van der Waals surface area contributed by atoms with Crippen LogP contribution in [0.15, 0.2) is 35.7 Å². The SMILES string of the molecule is CN(C)C[C@H]1CN(Cc2csc(COc3ccccc3)n2)CCO1. The van der Waals surface area contributed by atoms with Crippen molar-refractivity contribution in [1.29, 1.82) is 0 Å². The number of benzene rings is 1. The molecule has 1 aliphatic heterocycles. The van der Waals surface area contributed by atoms with Crippen molar-refractivity contribution in [3.05, 3.63) is 46.4 Å². The molecule has 1 aromatic heterocycles. The fraction of sp³-hybridized carbons (Fsp3) is 0.500. The van der Waals surface area contributed by atoms with Gasteiger partial charge >= 0.3 is 0 Å². The highest BCUT2D eigenvalue weighted by molar-refractivity contribution is 7.09. The largest absolute Gasteiger partial charge is 0.486 e. The Balaban J connectivity index is 1.48. The van der Waals surface area contributed by atoms with E-state index >= 15 is 0 Å². The Hall–Kier alpha value is -1.47. The van der Waals surface area contributed by atoms with E-state index in [9.17, 15) is 0 Å². The summed E-state index contributed by atoms with van der Waals surface area (Å²) in [6.07, 6.45) is 0.285. The van der Waals surface area contributed by atoms with Crippen molar-refractivity contribution < 1.29 is 9.47 Å². The van der Waals surface area contributed by atoms with Crippen LogP contribution < -0.4 is 4.74 Å². The minimum absolute atomic E-state index is 0.285.